The molecular weight excluding hydrogens is 402 g/mol. The Morgan fingerprint density at radius 1 is 1.12 bits per heavy atom. The second kappa shape index (κ2) is 8.10. The monoisotopic (exact) mass is 431 g/mol. The molecule has 1 saturated heterocycles. The fourth-order valence-corrected chi connectivity index (χ4v) is 4.92. The molecule has 2 aromatic carbocycles. The summed E-state index contributed by atoms with van der Waals surface area (Å²) < 4.78 is 8.41. The Morgan fingerprint density at radius 2 is 1.94 bits per heavy atom. The van der Waals surface area contributed by atoms with E-state index >= 15 is 0 Å². The van der Waals surface area contributed by atoms with Gasteiger partial charge >= 0.3 is 0 Å². The molecule has 1 fully saturated rings. The number of nitrogens with one attached hydrogen (secondary N) is 1. The summed E-state index contributed by atoms with van der Waals surface area (Å²) in [4.78, 5) is 27.3. The van der Waals surface area contributed by atoms with Crippen LogP contribution < -0.4 is 10.1 Å². The number of hydrogen-bond acceptors (Lipinski definition) is 4. The Labute approximate surface area is 188 Å². The van der Waals surface area contributed by atoms with Crippen molar-refractivity contribution in [1.29, 1.82) is 0 Å². The zero-order chi connectivity index (χ0) is 22.3. The molecule has 166 valence electrons. The number of ether oxygens (including phenoxy) is 1. The first-order chi connectivity index (χ1) is 15.4. The van der Waals surface area contributed by atoms with Crippen molar-refractivity contribution in [2.45, 2.75) is 38.3 Å². The highest BCUT2D eigenvalue weighted by Gasteiger charge is 2.43. The van der Waals surface area contributed by atoms with Crippen LogP contribution in [0.1, 0.15) is 40.7 Å². The largest absolute Gasteiger partial charge is 0.486 e. The summed E-state index contributed by atoms with van der Waals surface area (Å²) in [5.41, 5.74) is 3.64. The Bertz CT molecular complexity index is 1190. The first-order valence-corrected chi connectivity index (χ1v) is 11.3. The number of aromatic nitrogens is 1. The van der Waals surface area contributed by atoms with Gasteiger partial charge in [-0.3, -0.25) is 9.59 Å². The number of carbonyl (C=O) groups is 2. The molecule has 0 saturated carbocycles. The van der Waals surface area contributed by atoms with Gasteiger partial charge in [-0.2, -0.15) is 0 Å². The molecule has 3 aromatic rings. The zero-order valence-corrected chi connectivity index (χ0v) is 18.7. The Morgan fingerprint density at radius 3 is 2.75 bits per heavy atom. The molecule has 1 spiro atoms. The van der Waals surface area contributed by atoms with Crippen LogP contribution in [0.3, 0.4) is 0 Å². The number of benzene rings is 2. The van der Waals surface area contributed by atoms with Crippen molar-refractivity contribution in [3.8, 4) is 5.75 Å². The highest BCUT2D eigenvalue weighted by atomic mass is 16.5. The first kappa shape index (κ1) is 20.8. The number of hydrogen-bond donors (Lipinski definition) is 1. The van der Waals surface area contributed by atoms with Crippen molar-refractivity contribution in [3.63, 3.8) is 0 Å². The number of nitrogens with zero attached hydrogens (tertiary/aromatic N) is 2. The van der Waals surface area contributed by atoms with Crippen molar-refractivity contribution < 1.29 is 14.3 Å². The summed E-state index contributed by atoms with van der Waals surface area (Å²) >= 11 is 0. The lowest BCUT2D eigenvalue weighted by atomic mass is 9.82. The smallest absolute Gasteiger partial charge is 0.236 e. The predicted molar refractivity (Wildman–Crippen MR) is 124 cm³/mol. The summed E-state index contributed by atoms with van der Waals surface area (Å²) in [5, 5.41) is 4.49. The summed E-state index contributed by atoms with van der Waals surface area (Å²) in [6, 6.07) is 14.3. The van der Waals surface area contributed by atoms with Gasteiger partial charge in [0.2, 0.25) is 5.91 Å². The van der Waals surface area contributed by atoms with E-state index in [4.69, 9.17) is 4.74 Å². The quantitative estimate of drug-likeness (QED) is 0.686. The summed E-state index contributed by atoms with van der Waals surface area (Å²) in [6.07, 6.45) is 3.81. The Balaban J connectivity index is 1.14. The summed E-state index contributed by atoms with van der Waals surface area (Å²) in [6.45, 7) is 4.18. The van der Waals surface area contributed by atoms with Gasteiger partial charge in [0.25, 0.3) is 0 Å². The summed E-state index contributed by atoms with van der Waals surface area (Å²) in [5.74, 6) is 0.925. The summed E-state index contributed by atoms with van der Waals surface area (Å²) in [7, 11) is 2.04. The predicted octanol–water partition coefficient (Wildman–Crippen LogP) is 3.60. The van der Waals surface area contributed by atoms with Crippen LogP contribution in [0.5, 0.6) is 5.75 Å². The maximum Gasteiger partial charge on any atom is 0.236 e. The highest BCUT2D eigenvalue weighted by molar-refractivity contribution is 6.00. The third kappa shape index (κ3) is 3.91. The fraction of sp³-hybridized carbons (Fsp3) is 0.385. The number of likely N-dealkylation sites (tertiary alicyclic amines) is 1. The van der Waals surface area contributed by atoms with Gasteiger partial charge in [0, 0.05) is 51.2 Å². The number of ketones is 1. The number of aryl methyl sites for hydroxylation is 2. The minimum Gasteiger partial charge on any atom is -0.486 e. The first-order valence-electron chi connectivity index (χ1n) is 11.3. The second-order valence-corrected chi connectivity index (χ2v) is 9.19. The van der Waals surface area contributed by atoms with Crippen LogP contribution in [0, 0.1) is 6.92 Å². The highest BCUT2D eigenvalue weighted by Crippen LogP contribution is 2.39. The van der Waals surface area contributed by atoms with E-state index in [9.17, 15) is 9.59 Å². The van der Waals surface area contributed by atoms with E-state index < -0.39 is 5.60 Å². The number of amides is 1. The number of fused-ring (bicyclic) bond motifs is 2. The Hall–Kier alpha value is -3.12. The van der Waals surface area contributed by atoms with E-state index in [1.807, 2.05) is 37.1 Å². The third-order valence-electron chi connectivity index (χ3n) is 6.83. The topological polar surface area (TPSA) is 63.6 Å². The lowest BCUT2D eigenvalue weighted by Crippen LogP contribution is -2.53. The number of Topliss-reactive ketones (excluding diaryl/α,β-unsaturated/α-hetero) is 1. The van der Waals surface area contributed by atoms with Gasteiger partial charge in [0.05, 0.1) is 18.5 Å². The van der Waals surface area contributed by atoms with Crippen molar-refractivity contribution in [1.82, 2.24) is 14.8 Å². The van der Waals surface area contributed by atoms with E-state index in [-0.39, 0.29) is 11.7 Å². The Kier molecular flexibility index (Phi) is 5.25. The fourth-order valence-electron chi connectivity index (χ4n) is 4.92. The van der Waals surface area contributed by atoms with Crippen molar-refractivity contribution in [2.24, 2.45) is 7.05 Å². The van der Waals surface area contributed by atoms with Crippen molar-refractivity contribution in [3.05, 3.63) is 65.4 Å². The van der Waals surface area contributed by atoms with Gasteiger partial charge in [0.15, 0.2) is 5.78 Å². The van der Waals surface area contributed by atoms with E-state index in [1.54, 1.807) is 0 Å². The van der Waals surface area contributed by atoms with Crippen LogP contribution in [-0.4, -0.2) is 46.4 Å². The lowest BCUT2D eigenvalue weighted by Gasteiger charge is -2.44. The maximum atomic E-state index is 12.7. The molecule has 1 N–H and O–H groups in total. The van der Waals surface area contributed by atoms with Gasteiger partial charge < -0.3 is 19.5 Å². The molecule has 0 unspecified atom stereocenters. The second-order valence-electron chi connectivity index (χ2n) is 9.19. The van der Waals surface area contributed by atoms with Gasteiger partial charge in [-0.1, -0.05) is 17.7 Å². The van der Waals surface area contributed by atoms with Crippen LogP contribution >= 0.6 is 0 Å². The molecule has 0 bridgehead atoms. The van der Waals surface area contributed by atoms with E-state index in [0.717, 1.165) is 11.1 Å². The standard InChI is InChI=1S/C26H29N3O3/c1-18-3-6-24-21(13-18)23(30)15-26(32-24)8-11-29(12-9-26)25(31)17-27-16-19-4-5-22-20(14-19)7-10-28(22)2/h3-7,10,13-14,27H,8-9,11-12,15-17H2,1-2H3. The van der Waals surface area contributed by atoms with Crippen molar-refractivity contribution >= 4 is 22.6 Å². The molecule has 2 aliphatic rings. The van der Waals surface area contributed by atoms with E-state index in [0.29, 0.717) is 56.8 Å². The molecule has 6 nitrogen and oxygen atoms in total. The van der Waals surface area contributed by atoms with Gasteiger partial charge in [-0.15, -0.1) is 0 Å². The van der Waals surface area contributed by atoms with Gasteiger partial charge in [0.1, 0.15) is 11.4 Å². The lowest BCUT2D eigenvalue weighted by molar-refractivity contribution is -0.133. The zero-order valence-electron chi connectivity index (χ0n) is 18.7. The van der Waals surface area contributed by atoms with Crippen molar-refractivity contribution in [2.75, 3.05) is 19.6 Å². The number of carbonyl (C=O) groups excluding carboxylic acids is 2. The number of piperidine rings is 1. The molecule has 0 aliphatic carbocycles. The van der Waals surface area contributed by atoms with Crippen LogP contribution in [0.25, 0.3) is 10.9 Å². The van der Waals surface area contributed by atoms with Gasteiger partial charge in [-0.25, -0.2) is 0 Å². The van der Waals surface area contributed by atoms with Crippen LogP contribution in [-0.2, 0) is 18.4 Å². The average Bonchev–Trinajstić information content (AvgIpc) is 3.15. The molecule has 0 atom stereocenters. The van der Waals surface area contributed by atoms with Crippen LogP contribution in [0.2, 0.25) is 0 Å². The number of rotatable bonds is 4. The average molecular weight is 432 g/mol. The molecule has 5 rings (SSSR count). The van der Waals surface area contributed by atoms with Crippen LogP contribution in [0.4, 0.5) is 0 Å². The molecule has 32 heavy (non-hydrogen) atoms. The molecule has 3 heterocycles. The van der Waals surface area contributed by atoms with Gasteiger partial charge in [-0.05, 0) is 48.2 Å². The van der Waals surface area contributed by atoms with Crippen LogP contribution in [0.15, 0.2) is 48.7 Å². The SMILES string of the molecule is Cc1ccc2c(c1)C(=O)CC1(CCN(C(=O)CNCc3ccc4c(ccn4C)c3)CC1)O2. The molecule has 2 aliphatic heterocycles. The molecule has 1 amide bonds. The molecule has 6 heteroatoms. The molecular formula is C26H29N3O3. The molecule has 1 aromatic heterocycles. The minimum absolute atomic E-state index is 0.0961. The third-order valence-corrected chi connectivity index (χ3v) is 6.83. The van der Waals surface area contributed by atoms with E-state index in [1.165, 1.54) is 10.9 Å². The molecule has 0 radical (unpaired) electrons. The minimum atomic E-state index is -0.478. The normalized spacial score (nSPS) is 17.4. The van der Waals surface area contributed by atoms with E-state index in [2.05, 4.69) is 40.3 Å². The maximum absolute atomic E-state index is 12.7.